The highest BCUT2D eigenvalue weighted by atomic mass is 32.2. The summed E-state index contributed by atoms with van der Waals surface area (Å²) in [6, 6.07) is 13.3. The average molecular weight is 352 g/mol. The zero-order valence-electron chi connectivity index (χ0n) is 14.2. The lowest BCUT2D eigenvalue weighted by Crippen LogP contribution is -2.22. The minimum Gasteiger partial charge on any atom is -0.348 e. The number of pyridine rings is 1. The van der Waals surface area contributed by atoms with Gasteiger partial charge in [0, 0.05) is 40.8 Å². The number of amides is 1. The molecule has 0 fully saturated rings. The minimum absolute atomic E-state index is 0.0847. The van der Waals surface area contributed by atoms with Crippen LogP contribution < -0.4 is 5.32 Å². The fraction of sp³-hybridized carbons (Fsp3) is 0.211. The predicted octanol–water partition coefficient (Wildman–Crippen LogP) is 3.70. The van der Waals surface area contributed by atoms with Crippen molar-refractivity contribution in [3.63, 3.8) is 0 Å². The van der Waals surface area contributed by atoms with E-state index >= 15 is 0 Å². The van der Waals surface area contributed by atoms with Gasteiger partial charge >= 0.3 is 0 Å². The van der Waals surface area contributed by atoms with Crippen molar-refractivity contribution in [2.45, 2.75) is 30.5 Å². The van der Waals surface area contributed by atoms with Gasteiger partial charge in [0.1, 0.15) is 0 Å². The Morgan fingerprint density at radius 1 is 1.20 bits per heavy atom. The van der Waals surface area contributed by atoms with E-state index in [1.54, 1.807) is 28.8 Å². The Morgan fingerprint density at radius 3 is 2.68 bits per heavy atom. The summed E-state index contributed by atoms with van der Waals surface area (Å²) in [5.41, 5.74) is 1.63. The van der Waals surface area contributed by atoms with Gasteiger partial charge in [-0.2, -0.15) is 5.10 Å². The highest BCUT2D eigenvalue weighted by molar-refractivity contribution is 7.99. The van der Waals surface area contributed by atoms with Crippen molar-refractivity contribution in [1.82, 2.24) is 20.1 Å². The Bertz CT molecular complexity index is 829. The number of carbonyl (C=O) groups excluding carboxylic acids is 1. The van der Waals surface area contributed by atoms with Crippen molar-refractivity contribution >= 4 is 17.7 Å². The number of nitrogens with one attached hydrogen (secondary N) is 1. The molecule has 3 rings (SSSR count). The van der Waals surface area contributed by atoms with Crippen LogP contribution in [0.1, 0.15) is 29.8 Å². The maximum absolute atomic E-state index is 12.3. The first kappa shape index (κ1) is 17.2. The summed E-state index contributed by atoms with van der Waals surface area (Å²) < 4.78 is 1.69. The topological polar surface area (TPSA) is 59.8 Å². The van der Waals surface area contributed by atoms with Crippen molar-refractivity contribution < 1.29 is 4.79 Å². The SMILES string of the molecule is CC(C)Sc1ccc(C(=O)NCc2ccnc(-n3cccn3)c2)cc1. The van der Waals surface area contributed by atoms with E-state index < -0.39 is 0 Å². The van der Waals surface area contributed by atoms with Gasteiger partial charge in [0.05, 0.1) is 0 Å². The molecule has 2 aromatic heterocycles. The second kappa shape index (κ2) is 7.98. The van der Waals surface area contributed by atoms with Gasteiger partial charge in [-0.3, -0.25) is 4.79 Å². The van der Waals surface area contributed by atoms with Crippen molar-refractivity contribution in [2.24, 2.45) is 0 Å². The van der Waals surface area contributed by atoms with Crippen LogP contribution in [0.2, 0.25) is 0 Å². The molecule has 1 aromatic carbocycles. The standard InChI is InChI=1S/C19H20N4OS/c1-14(2)25-17-6-4-16(5-7-17)19(24)21-13-15-8-10-20-18(12-15)23-11-3-9-22-23/h3-12,14H,13H2,1-2H3,(H,21,24). The lowest BCUT2D eigenvalue weighted by molar-refractivity contribution is 0.0951. The van der Waals surface area contributed by atoms with Gasteiger partial charge in [0.25, 0.3) is 5.91 Å². The van der Waals surface area contributed by atoms with Crippen LogP contribution >= 0.6 is 11.8 Å². The Labute approximate surface area is 151 Å². The normalized spacial score (nSPS) is 10.8. The maximum atomic E-state index is 12.3. The van der Waals surface area contributed by atoms with Gasteiger partial charge < -0.3 is 5.32 Å². The zero-order valence-corrected chi connectivity index (χ0v) is 15.0. The molecule has 0 unspecified atom stereocenters. The molecule has 3 aromatic rings. The lowest BCUT2D eigenvalue weighted by atomic mass is 10.2. The third kappa shape index (κ3) is 4.70. The fourth-order valence-electron chi connectivity index (χ4n) is 2.34. The molecule has 0 aliphatic heterocycles. The van der Waals surface area contributed by atoms with Crippen LogP contribution in [-0.4, -0.2) is 25.9 Å². The van der Waals surface area contributed by atoms with Gasteiger partial charge in [0.2, 0.25) is 0 Å². The second-order valence-corrected chi connectivity index (χ2v) is 7.50. The molecule has 0 radical (unpaired) electrons. The smallest absolute Gasteiger partial charge is 0.251 e. The van der Waals surface area contributed by atoms with Crippen LogP contribution in [0, 0.1) is 0 Å². The van der Waals surface area contributed by atoms with Gasteiger partial charge in [-0.1, -0.05) is 13.8 Å². The summed E-state index contributed by atoms with van der Waals surface area (Å²) in [6.07, 6.45) is 5.26. The molecule has 0 spiro atoms. The molecular formula is C19H20N4OS. The number of thioether (sulfide) groups is 1. The number of hydrogen-bond donors (Lipinski definition) is 1. The molecule has 25 heavy (non-hydrogen) atoms. The lowest BCUT2D eigenvalue weighted by Gasteiger charge is -2.08. The summed E-state index contributed by atoms with van der Waals surface area (Å²) in [4.78, 5) is 17.8. The molecule has 0 aliphatic rings. The zero-order chi connectivity index (χ0) is 17.6. The van der Waals surface area contributed by atoms with Crippen molar-refractivity contribution in [1.29, 1.82) is 0 Å². The Morgan fingerprint density at radius 2 is 2.00 bits per heavy atom. The highest BCUT2D eigenvalue weighted by Crippen LogP contribution is 2.22. The van der Waals surface area contributed by atoms with Crippen LogP contribution in [-0.2, 0) is 6.54 Å². The van der Waals surface area contributed by atoms with Crippen LogP contribution in [0.15, 0.2) is 66.0 Å². The summed E-state index contributed by atoms with van der Waals surface area (Å²) in [5, 5.41) is 7.63. The summed E-state index contributed by atoms with van der Waals surface area (Å²) in [6.45, 7) is 4.74. The van der Waals surface area contributed by atoms with Crippen LogP contribution in [0.5, 0.6) is 0 Å². The van der Waals surface area contributed by atoms with E-state index in [9.17, 15) is 4.79 Å². The Balaban J connectivity index is 1.61. The maximum Gasteiger partial charge on any atom is 0.251 e. The summed E-state index contributed by atoms with van der Waals surface area (Å²) >= 11 is 1.78. The van der Waals surface area contributed by atoms with E-state index in [1.807, 2.05) is 48.7 Å². The van der Waals surface area contributed by atoms with Crippen molar-refractivity contribution in [2.75, 3.05) is 0 Å². The first-order valence-corrected chi connectivity index (χ1v) is 8.99. The van der Waals surface area contributed by atoms with E-state index in [4.69, 9.17) is 0 Å². The fourth-order valence-corrected chi connectivity index (χ4v) is 3.18. The molecule has 128 valence electrons. The first-order chi connectivity index (χ1) is 12.1. The highest BCUT2D eigenvalue weighted by Gasteiger charge is 2.07. The van der Waals surface area contributed by atoms with E-state index in [0.29, 0.717) is 17.4 Å². The Kier molecular flexibility index (Phi) is 5.50. The van der Waals surface area contributed by atoms with Gasteiger partial charge in [-0.25, -0.2) is 9.67 Å². The minimum atomic E-state index is -0.0847. The predicted molar refractivity (Wildman–Crippen MR) is 100.0 cm³/mol. The van der Waals surface area contributed by atoms with Crippen molar-refractivity contribution in [3.05, 3.63) is 72.2 Å². The number of benzene rings is 1. The molecule has 0 atom stereocenters. The molecule has 5 nitrogen and oxygen atoms in total. The molecule has 2 heterocycles. The number of aromatic nitrogens is 3. The summed E-state index contributed by atoms with van der Waals surface area (Å²) in [7, 11) is 0. The molecule has 6 heteroatoms. The molecular weight excluding hydrogens is 332 g/mol. The molecule has 1 amide bonds. The van der Waals surface area contributed by atoms with Gasteiger partial charge in [-0.05, 0) is 48.0 Å². The number of hydrogen-bond acceptors (Lipinski definition) is 4. The van der Waals surface area contributed by atoms with Crippen LogP contribution in [0.25, 0.3) is 5.82 Å². The number of rotatable bonds is 6. The number of nitrogens with zero attached hydrogens (tertiary/aromatic N) is 3. The van der Waals surface area contributed by atoms with Gasteiger partial charge in [0.15, 0.2) is 5.82 Å². The third-order valence-electron chi connectivity index (χ3n) is 3.49. The molecule has 0 saturated heterocycles. The van der Waals surface area contributed by atoms with Crippen LogP contribution in [0.3, 0.4) is 0 Å². The third-order valence-corrected chi connectivity index (χ3v) is 4.51. The quantitative estimate of drug-likeness (QED) is 0.687. The van der Waals surface area contributed by atoms with E-state index in [2.05, 4.69) is 29.2 Å². The van der Waals surface area contributed by atoms with E-state index in [-0.39, 0.29) is 5.91 Å². The first-order valence-electron chi connectivity index (χ1n) is 8.11. The van der Waals surface area contributed by atoms with Gasteiger partial charge in [-0.15, -0.1) is 11.8 Å². The second-order valence-electron chi connectivity index (χ2n) is 5.85. The molecule has 0 bridgehead atoms. The summed E-state index contributed by atoms with van der Waals surface area (Å²) in [5.74, 6) is 0.644. The monoisotopic (exact) mass is 352 g/mol. The van der Waals surface area contributed by atoms with Crippen molar-refractivity contribution in [3.8, 4) is 5.82 Å². The molecule has 1 N–H and O–H groups in total. The number of carbonyl (C=O) groups is 1. The molecule has 0 saturated carbocycles. The Hall–Kier alpha value is -2.60. The average Bonchev–Trinajstić information content (AvgIpc) is 3.15. The molecule has 0 aliphatic carbocycles. The largest absolute Gasteiger partial charge is 0.348 e. The van der Waals surface area contributed by atoms with E-state index in [1.165, 1.54) is 4.90 Å². The van der Waals surface area contributed by atoms with E-state index in [0.717, 1.165) is 11.4 Å². The van der Waals surface area contributed by atoms with Crippen LogP contribution in [0.4, 0.5) is 0 Å².